The summed E-state index contributed by atoms with van der Waals surface area (Å²) in [4.78, 5) is 15.8. The van der Waals surface area contributed by atoms with Gasteiger partial charge in [0.2, 0.25) is 0 Å². The molecule has 1 amide bonds. The number of carbonyl (C=O) groups is 1. The van der Waals surface area contributed by atoms with Gasteiger partial charge in [-0.15, -0.1) is 0 Å². The third-order valence-corrected chi connectivity index (χ3v) is 2.97. The van der Waals surface area contributed by atoms with Crippen LogP contribution in [-0.4, -0.2) is 10.9 Å². The van der Waals surface area contributed by atoms with Gasteiger partial charge >= 0.3 is 0 Å². The maximum Gasteiger partial charge on any atom is 0.253 e. The van der Waals surface area contributed by atoms with Crippen molar-refractivity contribution in [2.45, 2.75) is 13.5 Å². The Bertz CT molecular complexity index is 613. The molecule has 0 saturated heterocycles. The molecule has 0 aliphatic heterocycles. The van der Waals surface area contributed by atoms with Crippen molar-refractivity contribution >= 4 is 23.3 Å². The standard InChI is InChI=1S/C14H14ClN3O/c1-9-3-2-4-10(5-9)7-18-14(19)11-6-12(15)13(16)17-8-11/h2-6,8H,7H2,1H3,(H2,16,17)(H,18,19). The molecule has 98 valence electrons. The van der Waals surface area contributed by atoms with Crippen molar-refractivity contribution < 1.29 is 4.79 Å². The molecule has 0 atom stereocenters. The van der Waals surface area contributed by atoms with Gasteiger partial charge in [-0.3, -0.25) is 4.79 Å². The minimum absolute atomic E-state index is 0.219. The first kappa shape index (κ1) is 13.4. The Morgan fingerprint density at radius 1 is 1.42 bits per heavy atom. The van der Waals surface area contributed by atoms with Gasteiger partial charge < -0.3 is 11.1 Å². The Morgan fingerprint density at radius 2 is 2.21 bits per heavy atom. The SMILES string of the molecule is Cc1cccc(CNC(=O)c2cnc(N)c(Cl)c2)c1. The number of nitrogens with zero attached hydrogens (tertiary/aromatic N) is 1. The summed E-state index contributed by atoms with van der Waals surface area (Å²) >= 11 is 5.83. The summed E-state index contributed by atoms with van der Waals surface area (Å²) < 4.78 is 0. The molecule has 0 aliphatic rings. The van der Waals surface area contributed by atoms with Crippen LogP contribution in [0.1, 0.15) is 21.5 Å². The summed E-state index contributed by atoms with van der Waals surface area (Å²) in [5.74, 6) is -0.00666. The number of pyridine rings is 1. The van der Waals surface area contributed by atoms with Crippen LogP contribution >= 0.6 is 11.6 Å². The second kappa shape index (κ2) is 5.71. The molecular weight excluding hydrogens is 262 g/mol. The van der Waals surface area contributed by atoms with Crippen LogP contribution in [0, 0.1) is 6.92 Å². The smallest absolute Gasteiger partial charge is 0.253 e. The van der Waals surface area contributed by atoms with Crippen molar-refractivity contribution in [2.24, 2.45) is 0 Å². The van der Waals surface area contributed by atoms with E-state index in [2.05, 4.69) is 10.3 Å². The Kier molecular flexibility index (Phi) is 4.02. The fourth-order valence-electron chi connectivity index (χ4n) is 1.68. The average molecular weight is 276 g/mol. The lowest BCUT2D eigenvalue weighted by atomic mass is 10.1. The number of aryl methyl sites for hydroxylation is 1. The number of hydrogen-bond acceptors (Lipinski definition) is 3. The van der Waals surface area contributed by atoms with Crippen LogP contribution in [0.2, 0.25) is 5.02 Å². The molecule has 5 heteroatoms. The molecule has 2 rings (SSSR count). The third-order valence-electron chi connectivity index (χ3n) is 2.67. The van der Waals surface area contributed by atoms with Crippen LogP contribution < -0.4 is 11.1 Å². The van der Waals surface area contributed by atoms with E-state index in [0.29, 0.717) is 12.1 Å². The van der Waals surface area contributed by atoms with Gasteiger partial charge in [0.1, 0.15) is 5.82 Å². The van der Waals surface area contributed by atoms with Crippen LogP contribution in [0.25, 0.3) is 0 Å². The molecular formula is C14H14ClN3O. The summed E-state index contributed by atoms with van der Waals surface area (Å²) in [5.41, 5.74) is 8.09. The van der Waals surface area contributed by atoms with E-state index < -0.39 is 0 Å². The molecule has 19 heavy (non-hydrogen) atoms. The van der Waals surface area contributed by atoms with E-state index >= 15 is 0 Å². The molecule has 0 unspecified atom stereocenters. The number of nitrogens with two attached hydrogens (primary N) is 1. The lowest BCUT2D eigenvalue weighted by Crippen LogP contribution is -2.23. The summed E-state index contributed by atoms with van der Waals surface area (Å²) in [6.07, 6.45) is 1.41. The first-order valence-electron chi connectivity index (χ1n) is 5.81. The van der Waals surface area contributed by atoms with E-state index in [4.69, 9.17) is 17.3 Å². The highest BCUT2D eigenvalue weighted by Gasteiger charge is 2.08. The van der Waals surface area contributed by atoms with Crippen molar-refractivity contribution in [3.8, 4) is 0 Å². The van der Waals surface area contributed by atoms with Gasteiger partial charge in [-0.2, -0.15) is 0 Å². The maximum atomic E-state index is 11.9. The average Bonchev–Trinajstić information content (AvgIpc) is 2.39. The quantitative estimate of drug-likeness (QED) is 0.904. The van der Waals surface area contributed by atoms with Crippen molar-refractivity contribution in [3.63, 3.8) is 0 Å². The van der Waals surface area contributed by atoms with E-state index in [9.17, 15) is 4.79 Å². The van der Waals surface area contributed by atoms with Crippen LogP contribution in [-0.2, 0) is 6.54 Å². The zero-order valence-corrected chi connectivity index (χ0v) is 11.2. The summed E-state index contributed by atoms with van der Waals surface area (Å²) in [6, 6.07) is 9.46. The van der Waals surface area contributed by atoms with Crippen LogP contribution in [0.5, 0.6) is 0 Å². The second-order valence-corrected chi connectivity index (χ2v) is 4.67. The largest absolute Gasteiger partial charge is 0.382 e. The van der Waals surface area contributed by atoms with Gasteiger partial charge in [-0.05, 0) is 18.6 Å². The molecule has 0 saturated carbocycles. The second-order valence-electron chi connectivity index (χ2n) is 4.26. The molecule has 1 aromatic heterocycles. The highest BCUT2D eigenvalue weighted by atomic mass is 35.5. The predicted octanol–water partition coefficient (Wildman–Crippen LogP) is 2.56. The van der Waals surface area contributed by atoms with E-state index in [-0.39, 0.29) is 16.7 Å². The van der Waals surface area contributed by atoms with Gasteiger partial charge in [-0.25, -0.2) is 4.98 Å². The number of amides is 1. The lowest BCUT2D eigenvalue weighted by molar-refractivity contribution is 0.0950. The van der Waals surface area contributed by atoms with Gasteiger partial charge in [0.15, 0.2) is 0 Å². The number of carbonyl (C=O) groups excluding carboxylic acids is 1. The number of aromatic nitrogens is 1. The maximum absolute atomic E-state index is 11.9. The van der Waals surface area contributed by atoms with E-state index in [1.165, 1.54) is 12.3 Å². The Balaban J connectivity index is 2.03. The third kappa shape index (κ3) is 3.45. The molecule has 1 aromatic carbocycles. The zero-order chi connectivity index (χ0) is 13.8. The molecule has 0 radical (unpaired) electrons. The molecule has 0 fully saturated rings. The minimum Gasteiger partial charge on any atom is -0.382 e. The van der Waals surface area contributed by atoms with Gasteiger partial charge in [0.05, 0.1) is 10.6 Å². The van der Waals surface area contributed by atoms with Crippen molar-refractivity contribution in [3.05, 3.63) is 58.2 Å². The monoisotopic (exact) mass is 275 g/mol. The lowest BCUT2D eigenvalue weighted by Gasteiger charge is -2.06. The summed E-state index contributed by atoms with van der Waals surface area (Å²) in [7, 11) is 0. The number of hydrogen-bond donors (Lipinski definition) is 2. The van der Waals surface area contributed by atoms with Crippen LogP contribution in [0.15, 0.2) is 36.5 Å². The van der Waals surface area contributed by atoms with Crippen molar-refractivity contribution in [2.75, 3.05) is 5.73 Å². The Hall–Kier alpha value is -2.07. The Morgan fingerprint density at radius 3 is 2.89 bits per heavy atom. The van der Waals surface area contributed by atoms with Crippen LogP contribution in [0.3, 0.4) is 0 Å². The predicted molar refractivity (Wildman–Crippen MR) is 76.0 cm³/mol. The fourth-order valence-corrected chi connectivity index (χ4v) is 1.85. The Labute approximate surface area is 116 Å². The fraction of sp³-hybridized carbons (Fsp3) is 0.143. The molecule has 0 bridgehead atoms. The molecule has 4 nitrogen and oxygen atoms in total. The van der Waals surface area contributed by atoms with Gasteiger partial charge in [-0.1, -0.05) is 41.4 Å². The molecule has 3 N–H and O–H groups in total. The molecule has 1 heterocycles. The topological polar surface area (TPSA) is 68.0 Å². The number of halogens is 1. The molecule has 2 aromatic rings. The highest BCUT2D eigenvalue weighted by Crippen LogP contribution is 2.16. The van der Waals surface area contributed by atoms with Crippen molar-refractivity contribution in [1.82, 2.24) is 10.3 Å². The van der Waals surface area contributed by atoms with E-state index in [1.807, 2.05) is 31.2 Å². The van der Waals surface area contributed by atoms with Gasteiger partial charge in [0, 0.05) is 12.7 Å². The minimum atomic E-state index is -0.226. The first-order chi connectivity index (χ1) is 9.06. The van der Waals surface area contributed by atoms with Gasteiger partial charge in [0.25, 0.3) is 5.91 Å². The summed E-state index contributed by atoms with van der Waals surface area (Å²) in [6.45, 7) is 2.47. The number of benzene rings is 1. The van der Waals surface area contributed by atoms with E-state index in [1.54, 1.807) is 0 Å². The van der Waals surface area contributed by atoms with E-state index in [0.717, 1.165) is 11.1 Å². The first-order valence-corrected chi connectivity index (χ1v) is 6.19. The number of nitrogen functional groups attached to an aromatic ring is 1. The highest BCUT2D eigenvalue weighted by molar-refractivity contribution is 6.33. The summed E-state index contributed by atoms with van der Waals surface area (Å²) in [5, 5.41) is 3.09. The van der Waals surface area contributed by atoms with Crippen molar-refractivity contribution in [1.29, 1.82) is 0 Å². The molecule has 0 aliphatic carbocycles. The van der Waals surface area contributed by atoms with Crippen LogP contribution in [0.4, 0.5) is 5.82 Å². The number of anilines is 1. The normalized spacial score (nSPS) is 10.2. The number of rotatable bonds is 3. The number of nitrogens with one attached hydrogen (secondary N) is 1. The zero-order valence-electron chi connectivity index (χ0n) is 10.5. The molecule has 0 spiro atoms.